The van der Waals surface area contributed by atoms with Crippen molar-refractivity contribution in [3.05, 3.63) is 41.3 Å². The molecule has 3 rings (SSSR count). The molecule has 0 aliphatic heterocycles. The van der Waals surface area contributed by atoms with Gasteiger partial charge in [-0.05, 0) is 50.5 Å². The lowest BCUT2D eigenvalue weighted by atomic mass is 9.96. The van der Waals surface area contributed by atoms with E-state index in [2.05, 4.69) is 10.5 Å². The number of benzene rings is 1. The molecule has 1 aliphatic carbocycles. The number of hydrogen-bond donors (Lipinski definition) is 1. The molecular formula is C16H18N2O3. The smallest absolute Gasteiger partial charge is 0.278 e. The highest BCUT2D eigenvalue weighted by Gasteiger charge is 2.23. The first-order valence-electron chi connectivity index (χ1n) is 7.29. The Balaban J connectivity index is 1.72. The van der Waals surface area contributed by atoms with Gasteiger partial charge in [-0.2, -0.15) is 0 Å². The molecule has 0 unspecified atom stereocenters. The molecule has 1 aromatic carbocycles. The molecule has 0 fully saturated rings. The average Bonchev–Trinajstić information content (AvgIpc) is 2.93. The van der Waals surface area contributed by atoms with Gasteiger partial charge in [-0.3, -0.25) is 4.79 Å². The van der Waals surface area contributed by atoms with E-state index in [9.17, 15) is 4.79 Å². The van der Waals surface area contributed by atoms with E-state index in [0.717, 1.165) is 48.4 Å². The molecule has 5 heteroatoms. The number of hydrogen-bond acceptors (Lipinski definition) is 4. The Kier molecular flexibility index (Phi) is 3.90. The lowest BCUT2D eigenvalue weighted by Crippen LogP contribution is -2.15. The third-order valence-corrected chi connectivity index (χ3v) is 3.59. The number of aromatic nitrogens is 1. The van der Waals surface area contributed by atoms with E-state index in [0.29, 0.717) is 12.3 Å². The van der Waals surface area contributed by atoms with E-state index in [1.165, 1.54) is 0 Å². The van der Waals surface area contributed by atoms with Crippen molar-refractivity contribution in [3.63, 3.8) is 0 Å². The molecule has 0 saturated carbocycles. The minimum absolute atomic E-state index is 0.217. The first kappa shape index (κ1) is 13.7. The zero-order valence-corrected chi connectivity index (χ0v) is 12.0. The zero-order valence-electron chi connectivity index (χ0n) is 12.0. The zero-order chi connectivity index (χ0) is 14.7. The number of aryl methyl sites for hydroxylation is 1. The molecule has 0 saturated heterocycles. The van der Waals surface area contributed by atoms with Crippen molar-refractivity contribution in [2.45, 2.75) is 32.6 Å². The van der Waals surface area contributed by atoms with Gasteiger partial charge in [-0.15, -0.1) is 0 Å². The van der Waals surface area contributed by atoms with E-state index in [-0.39, 0.29) is 5.91 Å². The summed E-state index contributed by atoms with van der Waals surface area (Å²) in [7, 11) is 0. The monoisotopic (exact) mass is 286 g/mol. The number of anilines is 1. The standard InChI is InChI=1S/C16H18N2O3/c1-2-20-12-9-7-11(8-10-12)17-16(19)15-13-5-3-4-6-14(13)21-18-15/h7-10H,2-6H2,1H3,(H,17,19). The summed E-state index contributed by atoms with van der Waals surface area (Å²) in [5.41, 5.74) is 2.10. The molecule has 0 spiro atoms. The maximum atomic E-state index is 12.3. The van der Waals surface area contributed by atoms with Crippen LogP contribution in [0.2, 0.25) is 0 Å². The fourth-order valence-corrected chi connectivity index (χ4v) is 2.55. The van der Waals surface area contributed by atoms with Gasteiger partial charge in [-0.1, -0.05) is 5.16 Å². The Morgan fingerprint density at radius 2 is 2.05 bits per heavy atom. The summed E-state index contributed by atoms with van der Waals surface area (Å²) in [6.45, 7) is 2.56. The molecule has 0 atom stereocenters. The summed E-state index contributed by atoms with van der Waals surface area (Å²) in [6, 6.07) is 7.29. The number of carbonyl (C=O) groups excluding carboxylic acids is 1. The molecule has 1 aromatic heterocycles. The van der Waals surface area contributed by atoms with Gasteiger partial charge in [0.25, 0.3) is 5.91 Å². The maximum Gasteiger partial charge on any atom is 0.278 e. The van der Waals surface area contributed by atoms with E-state index >= 15 is 0 Å². The van der Waals surface area contributed by atoms with Crippen molar-refractivity contribution >= 4 is 11.6 Å². The first-order valence-corrected chi connectivity index (χ1v) is 7.29. The van der Waals surface area contributed by atoms with Gasteiger partial charge in [0.2, 0.25) is 0 Å². The van der Waals surface area contributed by atoms with Crippen LogP contribution in [-0.2, 0) is 12.8 Å². The highest BCUT2D eigenvalue weighted by Crippen LogP contribution is 2.25. The summed E-state index contributed by atoms with van der Waals surface area (Å²) in [4.78, 5) is 12.3. The van der Waals surface area contributed by atoms with Crippen LogP contribution in [0.15, 0.2) is 28.8 Å². The number of ether oxygens (including phenoxy) is 1. The van der Waals surface area contributed by atoms with Crippen LogP contribution >= 0.6 is 0 Å². The van der Waals surface area contributed by atoms with Gasteiger partial charge < -0.3 is 14.6 Å². The summed E-state index contributed by atoms with van der Waals surface area (Å²) >= 11 is 0. The van der Waals surface area contributed by atoms with E-state index < -0.39 is 0 Å². The minimum Gasteiger partial charge on any atom is -0.494 e. The topological polar surface area (TPSA) is 64.4 Å². The second-order valence-electron chi connectivity index (χ2n) is 5.05. The Bertz CT molecular complexity index is 631. The molecule has 1 amide bonds. The Morgan fingerprint density at radius 3 is 2.81 bits per heavy atom. The van der Waals surface area contributed by atoms with E-state index in [1.54, 1.807) is 0 Å². The van der Waals surface area contributed by atoms with Crippen LogP contribution in [-0.4, -0.2) is 17.7 Å². The van der Waals surface area contributed by atoms with Crippen LogP contribution in [0, 0.1) is 0 Å². The second kappa shape index (κ2) is 5.99. The van der Waals surface area contributed by atoms with Crippen molar-refractivity contribution in [2.75, 3.05) is 11.9 Å². The largest absolute Gasteiger partial charge is 0.494 e. The number of nitrogens with zero attached hydrogens (tertiary/aromatic N) is 1. The molecular weight excluding hydrogens is 268 g/mol. The number of fused-ring (bicyclic) bond motifs is 1. The number of nitrogens with one attached hydrogen (secondary N) is 1. The van der Waals surface area contributed by atoms with Crippen LogP contribution in [0.25, 0.3) is 0 Å². The third-order valence-electron chi connectivity index (χ3n) is 3.59. The first-order chi connectivity index (χ1) is 10.3. The fraction of sp³-hybridized carbons (Fsp3) is 0.375. The van der Waals surface area contributed by atoms with Gasteiger partial charge in [0.05, 0.1) is 6.61 Å². The van der Waals surface area contributed by atoms with Gasteiger partial charge >= 0.3 is 0 Å². The highest BCUT2D eigenvalue weighted by atomic mass is 16.5. The Labute approximate surface area is 123 Å². The van der Waals surface area contributed by atoms with Crippen LogP contribution in [0.5, 0.6) is 5.75 Å². The molecule has 21 heavy (non-hydrogen) atoms. The molecule has 1 N–H and O–H groups in total. The van der Waals surface area contributed by atoms with Crippen molar-refractivity contribution in [2.24, 2.45) is 0 Å². The lowest BCUT2D eigenvalue weighted by molar-refractivity contribution is 0.101. The van der Waals surface area contributed by atoms with Crippen LogP contribution < -0.4 is 10.1 Å². The quantitative estimate of drug-likeness (QED) is 0.937. The number of amides is 1. The molecule has 1 heterocycles. The Hall–Kier alpha value is -2.30. The van der Waals surface area contributed by atoms with Crippen LogP contribution in [0.1, 0.15) is 41.6 Å². The van der Waals surface area contributed by atoms with Gasteiger partial charge in [-0.25, -0.2) is 0 Å². The van der Waals surface area contributed by atoms with Crippen LogP contribution in [0.4, 0.5) is 5.69 Å². The van der Waals surface area contributed by atoms with Crippen molar-refractivity contribution in [3.8, 4) is 5.75 Å². The Morgan fingerprint density at radius 1 is 1.29 bits per heavy atom. The molecule has 0 bridgehead atoms. The summed E-state index contributed by atoms with van der Waals surface area (Å²) < 4.78 is 10.6. The predicted octanol–water partition coefficient (Wildman–Crippen LogP) is 3.20. The van der Waals surface area contributed by atoms with Crippen molar-refractivity contribution in [1.29, 1.82) is 0 Å². The van der Waals surface area contributed by atoms with E-state index in [1.807, 2.05) is 31.2 Å². The molecule has 5 nitrogen and oxygen atoms in total. The normalized spacial score (nSPS) is 13.6. The predicted molar refractivity (Wildman–Crippen MR) is 78.7 cm³/mol. The van der Waals surface area contributed by atoms with Crippen LogP contribution in [0.3, 0.4) is 0 Å². The van der Waals surface area contributed by atoms with E-state index in [4.69, 9.17) is 9.26 Å². The van der Waals surface area contributed by atoms with Gasteiger partial charge in [0.1, 0.15) is 11.5 Å². The third kappa shape index (κ3) is 2.91. The SMILES string of the molecule is CCOc1ccc(NC(=O)c2noc3c2CCCC3)cc1. The summed E-state index contributed by atoms with van der Waals surface area (Å²) in [6.07, 6.45) is 3.92. The molecule has 0 radical (unpaired) electrons. The molecule has 1 aliphatic rings. The maximum absolute atomic E-state index is 12.3. The summed E-state index contributed by atoms with van der Waals surface area (Å²) in [5, 5.41) is 6.78. The van der Waals surface area contributed by atoms with Gasteiger partial charge in [0.15, 0.2) is 5.69 Å². The van der Waals surface area contributed by atoms with Gasteiger partial charge in [0, 0.05) is 17.7 Å². The highest BCUT2D eigenvalue weighted by molar-refractivity contribution is 6.03. The van der Waals surface area contributed by atoms with Crippen molar-refractivity contribution in [1.82, 2.24) is 5.16 Å². The number of carbonyl (C=O) groups is 1. The van der Waals surface area contributed by atoms with Crippen molar-refractivity contribution < 1.29 is 14.1 Å². The number of rotatable bonds is 4. The minimum atomic E-state index is -0.217. The molecule has 2 aromatic rings. The average molecular weight is 286 g/mol. The molecule has 110 valence electrons. The summed E-state index contributed by atoms with van der Waals surface area (Å²) in [5.74, 6) is 1.43. The second-order valence-corrected chi connectivity index (χ2v) is 5.05. The fourth-order valence-electron chi connectivity index (χ4n) is 2.55. The lowest BCUT2D eigenvalue weighted by Gasteiger charge is -2.09.